The van der Waals surface area contributed by atoms with E-state index in [9.17, 15) is 24.8 Å². The summed E-state index contributed by atoms with van der Waals surface area (Å²) in [5.41, 5.74) is 1.73. The van der Waals surface area contributed by atoms with Gasteiger partial charge in [-0.25, -0.2) is 4.79 Å². The molecular formula is C22H18N2O6. The van der Waals surface area contributed by atoms with Gasteiger partial charge in [-0.1, -0.05) is 36.4 Å². The highest BCUT2D eigenvalue weighted by Gasteiger charge is 2.22. The molecule has 0 saturated carbocycles. The zero-order valence-corrected chi connectivity index (χ0v) is 15.9. The van der Waals surface area contributed by atoms with E-state index >= 15 is 0 Å². The first kappa shape index (κ1) is 20.5. The molecule has 0 saturated heterocycles. The summed E-state index contributed by atoms with van der Waals surface area (Å²) in [4.78, 5) is 35.1. The number of anilines is 1. The van der Waals surface area contributed by atoms with Crippen molar-refractivity contribution >= 4 is 23.3 Å². The maximum atomic E-state index is 12.3. The predicted molar refractivity (Wildman–Crippen MR) is 110 cm³/mol. The number of carbonyl (C=O) groups is 2. The highest BCUT2D eigenvalue weighted by molar-refractivity contribution is 5.98. The first-order valence-electron chi connectivity index (χ1n) is 9.00. The second-order valence-electron chi connectivity index (χ2n) is 6.44. The molecule has 0 bridgehead atoms. The summed E-state index contributed by atoms with van der Waals surface area (Å²) in [5.74, 6) is -1.22. The van der Waals surface area contributed by atoms with Crippen molar-refractivity contribution < 1.29 is 24.4 Å². The van der Waals surface area contributed by atoms with Gasteiger partial charge in [0.05, 0.1) is 10.5 Å². The number of amides is 1. The lowest BCUT2D eigenvalue weighted by molar-refractivity contribution is -0.383. The number of nitrogens with zero attached hydrogens (tertiary/aromatic N) is 1. The van der Waals surface area contributed by atoms with Crippen molar-refractivity contribution in [3.05, 3.63) is 88.5 Å². The molecule has 152 valence electrons. The van der Waals surface area contributed by atoms with Crippen molar-refractivity contribution in [3.8, 4) is 16.9 Å². The molecule has 0 aliphatic rings. The van der Waals surface area contributed by atoms with Crippen molar-refractivity contribution in [2.75, 3.05) is 5.32 Å². The average molecular weight is 406 g/mol. The van der Waals surface area contributed by atoms with Crippen LogP contribution in [0.25, 0.3) is 11.1 Å². The molecule has 30 heavy (non-hydrogen) atoms. The Morgan fingerprint density at radius 3 is 2.13 bits per heavy atom. The summed E-state index contributed by atoms with van der Waals surface area (Å²) < 4.78 is 5.18. The summed E-state index contributed by atoms with van der Waals surface area (Å²) in [6.45, 7) is 1.38. The monoisotopic (exact) mass is 406 g/mol. The van der Waals surface area contributed by atoms with E-state index in [-0.39, 0.29) is 22.7 Å². The maximum absolute atomic E-state index is 12.3. The Labute approximate surface area is 171 Å². The summed E-state index contributed by atoms with van der Waals surface area (Å²) in [7, 11) is 0. The molecule has 1 atom stereocenters. The van der Waals surface area contributed by atoms with Crippen LogP contribution in [0.5, 0.6) is 5.75 Å². The Hall–Kier alpha value is -4.20. The SMILES string of the molecule is C[C@H](OC(=O)c1ccc(-c2ccc(O)cc2)cc1)C(=O)Nc1ccccc1[N+](=O)[O-]. The molecule has 0 unspecified atom stereocenters. The fourth-order valence-corrected chi connectivity index (χ4v) is 2.71. The van der Waals surface area contributed by atoms with Crippen molar-refractivity contribution in [1.82, 2.24) is 0 Å². The number of hydrogen-bond donors (Lipinski definition) is 2. The molecule has 0 heterocycles. The van der Waals surface area contributed by atoms with Crippen molar-refractivity contribution in [3.63, 3.8) is 0 Å². The Bertz CT molecular complexity index is 1080. The average Bonchev–Trinajstić information content (AvgIpc) is 2.74. The number of phenolic OH excluding ortho intramolecular Hbond substituents is 1. The first-order chi connectivity index (χ1) is 14.3. The van der Waals surface area contributed by atoms with Crippen LogP contribution in [0.15, 0.2) is 72.8 Å². The van der Waals surface area contributed by atoms with E-state index in [1.807, 2.05) is 0 Å². The number of benzene rings is 3. The third-order valence-electron chi connectivity index (χ3n) is 4.33. The number of nitro groups is 1. The number of rotatable bonds is 6. The van der Waals surface area contributed by atoms with Crippen molar-refractivity contribution in [2.45, 2.75) is 13.0 Å². The Kier molecular flexibility index (Phi) is 6.07. The molecular weight excluding hydrogens is 388 g/mol. The van der Waals surface area contributed by atoms with Crippen LogP contribution in [0.3, 0.4) is 0 Å². The van der Waals surface area contributed by atoms with Gasteiger partial charge in [-0.2, -0.15) is 0 Å². The van der Waals surface area contributed by atoms with Gasteiger partial charge in [0.15, 0.2) is 6.10 Å². The van der Waals surface area contributed by atoms with E-state index in [2.05, 4.69) is 5.32 Å². The summed E-state index contributed by atoms with van der Waals surface area (Å²) in [6, 6.07) is 18.9. The first-order valence-corrected chi connectivity index (χ1v) is 9.00. The number of nitro benzene ring substituents is 1. The molecule has 0 aromatic heterocycles. The number of phenols is 1. The molecule has 3 rings (SSSR count). The molecule has 8 heteroatoms. The van der Waals surface area contributed by atoms with E-state index in [0.29, 0.717) is 0 Å². The van der Waals surface area contributed by atoms with Crippen LogP contribution in [0.2, 0.25) is 0 Å². The van der Waals surface area contributed by atoms with Crippen LogP contribution in [-0.4, -0.2) is 28.0 Å². The fraction of sp³-hybridized carbons (Fsp3) is 0.0909. The van der Waals surface area contributed by atoms with Crippen LogP contribution >= 0.6 is 0 Å². The van der Waals surface area contributed by atoms with Crippen molar-refractivity contribution in [1.29, 1.82) is 0 Å². The molecule has 0 spiro atoms. The minimum absolute atomic E-state index is 0.0219. The molecule has 3 aromatic rings. The lowest BCUT2D eigenvalue weighted by atomic mass is 10.0. The molecule has 0 aliphatic carbocycles. The topological polar surface area (TPSA) is 119 Å². The van der Waals surface area contributed by atoms with Crippen LogP contribution in [-0.2, 0) is 9.53 Å². The van der Waals surface area contributed by atoms with Gasteiger partial charge in [0, 0.05) is 6.07 Å². The van der Waals surface area contributed by atoms with E-state index in [1.165, 1.54) is 25.1 Å². The normalized spacial score (nSPS) is 11.4. The van der Waals surface area contributed by atoms with E-state index in [0.717, 1.165) is 11.1 Å². The number of esters is 1. The quantitative estimate of drug-likeness (QED) is 0.361. The smallest absolute Gasteiger partial charge is 0.338 e. The van der Waals surface area contributed by atoms with Gasteiger partial charge in [-0.05, 0) is 48.4 Å². The highest BCUT2D eigenvalue weighted by Crippen LogP contribution is 2.24. The minimum Gasteiger partial charge on any atom is -0.508 e. The molecule has 0 radical (unpaired) electrons. The molecule has 3 aromatic carbocycles. The second kappa shape index (κ2) is 8.87. The lowest BCUT2D eigenvalue weighted by Crippen LogP contribution is -2.30. The van der Waals surface area contributed by atoms with Gasteiger partial charge in [0.1, 0.15) is 11.4 Å². The number of ether oxygens (including phenoxy) is 1. The number of hydrogen-bond acceptors (Lipinski definition) is 6. The predicted octanol–water partition coefficient (Wildman–Crippen LogP) is 4.15. The van der Waals surface area contributed by atoms with E-state index in [4.69, 9.17) is 4.74 Å². The Balaban J connectivity index is 1.64. The zero-order valence-electron chi connectivity index (χ0n) is 15.9. The molecule has 2 N–H and O–H groups in total. The fourth-order valence-electron chi connectivity index (χ4n) is 2.71. The molecule has 8 nitrogen and oxygen atoms in total. The zero-order chi connectivity index (χ0) is 21.7. The van der Waals surface area contributed by atoms with Gasteiger partial charge in [-0.15, -0.1) is 0 Å². The maximum Gasteiger partial charge on any atom is 0.338 e. The number of nitrogens with one attached hydrogen (secondary N) is 1. The molecule has 0 fully saturated rings. The second-order valence-corrected chi connectivity index (χ2v) is 6.44. The van der Waals surface area contributed by atoms with Gasteiger partial charge in [-0.3, -0.25) is 14.9 Å². The third-order valence-corrected chi connectivity index (χ3v) is 4.33. The van der Waals surface area contributed by atoms with Gasteiger partial charge >= 0.3 is 5.97 Å². The Morgan fingerprint density at radius 2 is 1.53 bits per heavy atom. The van der Waals surface area contributed by atoms with Crippen LogP contribution < -0.4 is 5.32 Å². The van der Waals surface area contributed by atoms with Crippen LogP contribution in [0.4, 0.5) is 11.4 Å². The highest BCUT2D eigenvalue weighted by atomic mass is 16.6. The lowest BCUT2D eigenvalue weighted by Gasteiger charge is -2.14. The van der Waals surface area contributed by atoms with Crippen LogP contribution in [0.1, 0.15) is 17.3 Å². The largest absolute Gasteiger partial charge is 0.508 e. The van der Waals surface area contributed by atoms with E-state index < -0.39 is 22.9 Å². The van der Waals surface area contributed by atoms with E-state index in [1.54, 1.807) is 54.6 Å². The summed E-state index contributed by atoms with van der Waals surface area (Å²) in [6.07, 6.45) is -1.16. The van der Waals surface area contributed by atoms with Crippen LogP contribution in [0, 0.1) is 10.1 Å². The van der Waals surface area contributed by atoms with Crippen molar-refractivity contribution in [2.24, 2.45) is 0 Å². The Morgan fingerprint density at radius 1 is 0.967 bits per heavy atom. The molecule has 0 aliphatic heterocycles. The van der Waals surface area contributed by atoms with Gasteiger partial charge in [0.25, 0.3) is 11.6 Å². The summed E-state index contributed by atoms with van der Waals surface area (Å²) in [5, 5.41) is 22.8. The van der Waals surface area contributed by atoms with Gasteiger partial charge < -0.3 is 15.2 Å². The standard InChI is InChI=1S/C22H18N2O6/c1-14(21(26)23-19-4-2-3-5-20(19)24(28)29)30-22(27)17-8-6-15(7-9-17)16-10-12-18(25)13-11-16/h2-14,25H,1H3,(H,23,26)/t14-/m0/s1. The number of para-hydroxylation sites is 2. The minimum atomic E-state index is -1.16. The third kappa shape index (κ3) is 4.79. The summed E-state index contributed by atoms with van der Waals surface area (Å²) >= 11 is 0. The number of carbonyl (C=O) groups excluding carboxylic acids is 2. The number of aromatic hydroxyl groups is 1. The van der Waals surface area contributed by atoms with Gasteiger partial charge in [0.2, 0.25) is 0 Å². The molecule has 1 amide bonds.